The standard InChI is InChI=1S/C60H62O10S/c61-53-56(66-40-48-30-16-5-17-31-48)54(64-38-46-26-12-3-13-27-46)51(42-62-36-44-22-8-1-9-23-44)68-59(53)70-58-57(67-41-49-32-18-6-19-33-49)55(65-39-47-28-14-4-15-29-47)52(43-63-37-45-24-10-2-11-25-45)69-60(58)71-50-34-20-7-21-35-50/h1-35,51-61H,36-43H2/t51-,52-,53+,54-,55-,56-,57+,58+,59+,60-/m1/s1. The van der Waals surface area contributed by atoms with Crippen LogP contribution in [0, 0.1) is 0 Å². The summed E-state index contributed by atoms with van der Waals surface area (Å²) in [5, 5.41) is 12.8. The van der Waals surface area contributed by atoms with Gasteiger partial charge in [-0.3, -0.25) is 0 Å². The molecule has 9 rings (SSSR count). The Morgan fingerprint density at radius 3 is 1.08 bits per heavy atom. The molecule has 0 unspecified atom stereocenters. The third kappa shape index (κ3) is 14.8. The quantitative estimate of drug-likeness (QED) is 0.0626. The van der Waals surface area contributed by atoms with Crippen LogP contribution in [0.15, 0.2) is 217 Å². The third-order valence-electron chi connectivity index (χ3n) is 12.4. The smallest absolute Gasteiger partial charge is 0.187 e. The van der Waals surface area contributed by atoms with E-state index < -0.39 is 60.6 Å². The van der Waals surface area contributed by atoms with E-state index in [9.17, 15) is 5.11 Å². The van der Waals surface area contributed by atoms with Crippen molar-refractivity contribution in [2.75, 3.05) is 13.2 Å². The van der Waals surface area contributed by atoms with Gasteiger partial charge in [0.05, 0.1) is 52.9 Å². The van der Waals surface area contributed by atoms with E-state index in [1.165, 1.54) is 11.8 Å². The minimum Gasteiger partial charge on any atom is -0.385 e. The van der Waals surface area contributed by atoms with Crippen molar-refractivity contribution in [3.8, 4) is 0 Å². The highest BCUT2D eigenvalue weighted by molar-refractivity contribution is 7.99. The molecule has 0 spiro atoms. The first-order chi connectivity index (χ1) is 35.1. The van der Waals surface area contributed by atoms with E-state index in [0.29, 0.717) is 13.2 Å². The van der Waals surface area contributed by atoms with Crippen molar-refractivity contribution in [3.05, 3.63) is 246 Å². The molecule has 10 atom stereocenters. The molecule has 2 aliphatic heterocycles. The highest BCUT2D eigenvalue weighted by Crippen LogP contribution is 2.40. The maximum absolute atomic E-state index is 12.8. The molecule has 2 heterocycles. The molecule has 2 fully saturated rings. The lowest BCUT2D eigenvalue weighted by atomic mass is 9.96. The van der Waals surface area contributed by atoms with Crippen LogP contribution in [-0.4, -0.2) is 78.9 Å². The van der Waals surface area contributed by atoms with Crippen molar-refractivity contribution in [3.63, 3.8) is 0 Å². The molecule has 1 N–H and O–H groups in total. The van der Waals surface area contributed by atoms with Gasteiger partial charge in [-0.1, -0.05) is 212 Å². The Kier molecular flexibility index (Phi) is 19.0. The molecule has 0 saturated carbocycles. The van der Waals surface area contributed by atoms with Crippen molar-refractivity contribution >= 4 is 11.8 Å². The Hall–Kier alpha value is -5.51. The average Bonchev–Trinajstić information content (AvgIpc) is 3.42. The molecule has 7 aromatic carbocycles. The Morgan fingerprint density at radius 1 is 0.352 bits per heavy atom. The van der Waals surface area contributed by atoms with Gasteiger partial charge in [0.15, 0.2) is 6.29 Å². The maximum Gasteiger partial charge on any atom is 0.187 e. The number of ether oxygens (including phenoxy) is 9. The predicted octanol–water partition coefficient (Wildman–Crippen LogP) is 10.7. The van der Waals surface area contributed by atoms with Crippen LogP contribution in [0.3, 0.4) is 0 Å². The molecule has 0 aromatic heterocycles. The number of rotatable bonds is 24. The van der Waals surface area contributed by atoms with Crippen LogP contribution in [0.5, 0.6) is 0 Å². The molecule has 11 heteroatoms. The normalized spacial score (nSPS) is 24.4. The zero-order valence-corrected chi connectivity index (χ0v) is 40.5. The first-order valence-corrected chi connectivity index (χ1v) is 25.2. The highest BCUT2D eigenvalue weighted by atomic mass is 32.2. The third-order valence-corrected chi connectivity index (χ3v) is 13.6. The number of hydrogen-bond donors (Lipinski definition) is 1. The molecule has 0 radical (unpaired) electrons. The number of thioether (sulfide) groups is 1. The molecule has 10 nitrogen and oxygen atoms in total. The van der Waals surface area contributed by atoms with Gasteiger partial charge < -0.3 is 47.7 Å². The summed E-state index contributed by atoms with van der Waals surface area (Å²) in [6.07, 6.45) is -7.96. The minimum absolute atomic E-state index is 0.118. The van der Waals surface area contributed by atoms with Crippen molar-refractivity contribution in [2.24, 2.45) is 0 Å². The first-order valence-electron chi connectivity index (χ1n) is 24.3. The summed E-state index contributed by atoms with van der Waals surface area (Å²) in [5.41, 5.74) is 5.22. The van der Waals surface area contributed by atoms with E-state index >= 15 is 0 Å². The fourth-order valence-electron chi connectivity index (χ4n) is 8.77. The maximum atomic E-state index is 12.8. The Labute approximate surface area is 421 Å². The van der Waals surface area contributed by atoms with Gasteiger partial charge in [0.1, 0.15) is 54.3 Å². The summed E-state index contributed by atoms with van der Waals surface area (Å²) < 4.78 is 61.8. The van der Waals surface area contributed by atoms with Crippen LogP contribution in [-0.2, 0) is 82.3 Å². The van der Waals surface area contributed by atoms with Crippen LogP contribution in [0.1, 0.15) is 33.4 Å². The van der Waals surface area contributed by atoms with Crippen LogP contribution in [0.2, 0.25) is 0 Å². The Morgan fingerprint density at radius 2 is 0.676 bits per heavy atom. The summed E-state index contributed by atoms with van der Waals surface area (Å²) in [4.78, 5) is 0.955. The van der Waals surface area contributed by atoms with Gasteiger partial charge in [-0.2, -0.15) is 0 Å². The predicted molar refractivity (Wildman–Crippen MR) is 273 cm³/mol. The van der Waals surface area contributed by atoms with Gasteiger partial charge in [0.2, 0.25) is 0 Å². The summed E-state index contributed by atoms with van der Waals surface area (Å²) >= 11 is 1.51. The van der Waals surface area contributed by atoms with Crippen molar-refractivity contribution < 1.29 is 47.7 Å². The minimum atomic E-state index is -1.34. The molecule has 0 amide bonds. The van der Waals surface area contributed by atoms with Crippen LogP contribution < -0.4 is 0 Å². The van der Waals surface area contributed by atoms with Crippen LogP contribution >= 0.6 is 11.8 Å². The first kappa shape index (κ1) is 50.4. The lowest BCUT2D eigenvalue weighted by Crippen LogP contribution is -2.65. The largest absolute Gasteiger partial charge is 0.385 e. The van der Waals surface area contributed by atoms with Crippen molar-refractivity contribution in [2.45, 2.75) is 105 Å². The summed E-state index contributed by atoms with van der Waals surface area (Å²) in [6.45, 7) is 2.03. The van der Waals surface area contributed by atoms with Gasteiger partial charge >= 0.3 is 0 Å². The number of hydrogen-bond acceptors (Lipinski definition) is 11. The lowest BCUT2D eigenvalue weighted by Gasteiger charge is -2.49. The van der Waals surface area contributed by atoms with Crippen LogP contribution in [0.4, 0.5) is 0 Å². The van der Waals surface area contributed by atoms with Gasteiger partial charge in [0, 0.05) is 4.90 Å². The monoisotopic (exact) mass is 974 g/mol. The summed E-state index contributed by atoms with van der Waals surface area (Å²) in [6, 6.07) is 70.0. The molecular formula is C60H62O10S. The number of aliphatic hydroxyl groups excluding tert-OH is 1. The van der Waals surface area contributed by atoms with E-state index in [-0.39, 0.29) is 39.6 Å². The molecule has 0 aliphatic carbocycles. The topological polar surface area (TPSA) is 103 Å². The zero-order valence-electron chi connectivity index (χ0n) is 39.7. The number of aliphatic hydroxyl groups is 1. The second-order valence-electron chi connectivity index (χ2n) is 17.7. The van der Waals surface area contributed by atoms with E-state index in [4.69, 9.17) is 42.6 Å². The van der Waals surface area contributed by atoms with E-state index in [0.717, 1.165) is 38.3 Å². The fourth-order valence-corrected chi connectivity index (χ4v) is 9.90. The summed E-state index contributed by atoms with van der Waals surface area (Å²) in [7, 11) is 0. The average molecular weight is 975 g/mol. The van der Waals surface area contributed by atoms with Gasteiger partial charge in [-0.25, -0.2) is 0 Å². The molecule has 2 saturated heterocycles. The lowest BCUT2D eigenvalue weighted by molar-refractivity contribution is -0.350. The van der Waals surface area contributed by atoms with Gasteiger partial charge in [-0.15, -0.1) is 0 Å². The summed E-state index contributed by atoms with van der Waals surface area (Å²) in [5.74, 6) is 0. The second-order valence-corrected chi connectivity index (χ2v) is 18.8. The van der Waals surface area contributed by atoms with E-state index in [1.807, 2.05) is 212 Å². The molecule has 0 bridgehead atoms. The van der Waals surface area contributed by atoms with Crippen LogP contribution in [0.25, 0.3) is 0 Å². The van der Waals surface area contributed by atoms with E-state index in [2.05, 4.69) is 0 Å². The highest BCUT2D eigenvalue weighted by Gasteiger charge is 2.54. The van der Waals surface area contributed by atoms with Crippen molar-refractivity contribution in [1.82, 2.24) is 0 Å². The molecule has 71 heavy (non-hydrogen) atoms. The van der Waals surface area contributed by atoms with Crippen molar-refractivity contribution in [1.29, 1.82) is 0 Å². The van der Waals surface area contributed by atoms with Gasteiger partial charge in [-0.05, 0) is 45.5 Å². The SMILES string of the molecule is O[C@@H]1[C@H](O[C@H]2[C@@H](OCc3ccccc3)[C@H](OCc3ccccc3)[C@@H](COCc3ccccc3)O[C@@H]2Sc2ccccc2)O[C@H](COCc2ccccc2)[C@@H](OCc2ccccc2)[C@@H]1OCc1ccccc1. The van der Waals surface area contributed by atoms with Gasteiger partial charge in [0.25, 0.3) is 0 Å². The number of benzene rings is 7. The molecule has 2 aliphatic rings. The molecule has 7 aromatic rings. The van der Waals surface area contributed by atoms with E-state index in [1.54, 1.807) is 0 Å². The molecular weight excluding hydrogens is 913 g/mol. The Balaban J connectivity index is 1.07. The second kappa shape index (κ2) is 26.8. The molecule has 368 valence electrons. The Bertz CT molecular complexity index is 2530. The fraction of sp³-hybridized carbons (Fsp3) is 0.300. The zero-order chi connectivity index (χ0) is 48.3.